The molecule has 0 aliphatic rings. The van der Waals surface area contributed by atoms with Gasteiger partial charge in [0.05, 0.1) is 11.1 Å². The first-order valence-electron chi connectivity index (χ1n) is 4.00. The van der Waals surface area contributed by atoms with Crippen LogP contribution < -0.4 is 0 Å². The van der Waals surface area contributed by atoms with Crippen LogP contribution in [0.3, 0.4) is 0 Å². The molecule has 0 saturated carbocycles. The lowest BCUT2D eigenvalue weighted by atomic mass is 10.4. The molecule has 0 saturated heterocycles. The molecule has 0 bridgehead atoms. The summed E-state index contributed by atoms with van der Waals surface area (Å²) >= 11 is 1.55. The average Bonchev–Trinajstić information content (AvgIpc) is 2.76. The second kappa shape index (κ2) is 3.63. The summed E-state index contributed by atoms with van der Waals surface area (Å²) in [5.41, 5.74) is 0.552. The van der Waals surface area contributed by atoms with Crippen molar-refractivity contribution in [2.45, 2.75) is 6.92 Å². The summed E-state index contributed by atoms with van der Waals surface area (Å²) in [5.74, 6) is 1.21. The van der Waals surface area contributed by atoms with Gasteiger partial charge >= 0.3 is 0 Å². The fourth-order valence-electron chi connectivity index (χ4n) is 1.09. The maximum atomic E-state index is 8.37. The van der Waals surface area contributed by atoms with E-state index in [4.69, 9.17) is 9.62 Å². The van der Waals surface area contributed by atoms with Crippen molar-refractivity contribution in [1.82, 2.24) is 4.98 Å². The maximum absolute atomic E-state index is 8.37. The number of oxime groups is 1. The van der Waals surface area contributed by atoms with Crippen LogP contribution in [-0.2, 0) is 0 Å². The van der Waals surface area contributed by atoms with E-state index < -0.39 is 0 Å². The number of aryl methyl sites for hydroxylation is 1. The SMILES string of the molecule is Cc1oc(-c2cccs2)nc1/C=N/O. The fourth-order valence-corrected chi connectivity index (χ4v) is 1.74. The van der Waals surface area contributed by atoms with Gasteiger partial charge in [-0.05, 0) is 18.4 Å². The number of nitrogens with zero attached hydrogens (tertiary/aromatic N) is 2. The highest BCUT2D eigenvalue weighted by Gasteiger charge is 2.10. The van der Waals surface area contributed by atoms with Crippen molar-refractivity contribution in [3.8, 4) is 10.8 Å². The first kappa shape index (κ1) is 8.96. The van der Waals surface area contributed by atoms with Gasteiger partial charge in [-0.3, -0.25) is 0 Å². The lowest BCUT2D eigenvalue weighted by molar-refractivity contribution is 0.321. The van der Waals surface area contributed by atoms with Gasteiger partial charge in [-0.1, -0.05) is 11.2 Å². The number of hydrogen-bond donors (Lipinski definition) is 1. The van der Waals surface area contributed by atoms with Crippen molar-refractivity contribution < 1.29 is 9.62 Å². The minimum atomic E-state index is 0.552. The molecule has 0 atom stereocenters. The predicted molar refractivity (Wildman–Crippen MR) is 53.9 cm³/mol. The molecule has 2 aromatic rings. The molecule has 0 aromatic carbocycles. The van der Waals surface area contributed by atoms with Crippen LogP contribution in [0.4, 0.5) is 0 Å². The molecule has 0 aliphatic heterocycles. The Balaban J connectivity index is 2.42. The zero-order valence-corrected chi connectivity index (χ0v) is 8.28. The molecule has 4 nitrogen and oxygen atoms in total. The van der Waals surface area contributed by atoms with E-state index in [1.807, 2.05) is 17.5 Å². The molecule has 0 radical (unpaired) electrons. The molecular formula is C9H8N2O2S. The van der Waals surface area contributed by atoms with Crippen molar-refractivity contribution in [2.75, 3.05) is 0 Å². The Morgan fingerprint density at radius 1 is 1.64 bits per heavy atom. The molecule has 72 valence electrons. The van der Waals surface area contributed by atoms with E-state index in [9.17, 15) is 0 Å². The molecule has 0 spiro atoms. The molecule has 0 amide bonds. The van der Waals surface area contributed by atoms with Gasteiger partial charge in [0.2, 0.25) is 5.89 Å². The third-order valence-corrected chi connectivity index (χ3v) is 2.60. The van der Waals surface area contributed by atoms with Crippen LogP contribution in [0, 0.1) is 6.92 Å². The van der Waals surface area contributed by atoms with E-state index >= 15 is 0 Å². The van der Waals surface area contributed by atoms with Gasteiger partial charge in [-0.15, -0.1) is 11.3 Å². The van der Waals surface area contributed by atoms with Crippen molar-refractivity contribution in [1.29, 1.82) is 0 Å². The number of hydrogen-bond acceptors (Lipinski definition) is 5. The van der Waals surface area contributed by atoms with E-state index in [2.05, 4.69) is 10.1 Å². The second-order valence-corrected chi connectivity index (χ2v) is 3.63. The molecule has 5 heteroatoms. The number of rotatable bonds is 2. The van der Waals surface area contributed by atoms with Crippen LogP contribution in [0.1, 0.15) is 11.5 Å². The van der Waals surface area contributed by atoms with Gasteiger partial charge in [0.1, 0.15) is 11.5 Å². The van der Waals surface area contributed by atoms with Crippen molar-refractivity contribution >= 4 is 17.6 Å². The van der Waals surface area contributed by atoms with Crippen molar-refractivity contribution in [3.63, 3.8) is 0 Å². The van der Waals surface area contributed by atoms with E-state index in [1.165, 1.54) is 6.21 Å². The Kier molecular flexibility index (Phi) is 2.32. The Labute approximate surface area is 84.5 Å². The lowest BCUT2D eigenvalue weighted by Gasteiger charge is -1.84. The normalized spacial score (nSPS) is 11.2. The summed E-state index contributed by atoms with van der Waals surface area (Å²) in [6.07, 6.45) is 1.26. The van der Waals surface area contributed by atoms with Gasteiger partial charge in [0.25, 0.3) is 0 Å². The molecule has 1 N–H and O–H groups in total. The summed E-state index contributed by atoms with van der Waals surface area (Å²) in [5, 5.41) is 13.2. The summed E-state index contributed by atoms with van der Waals surface area (Å²) in [6, 6.07) is 3.86. The first-order chi connectivity index (χ1) is 6.81. The quantitative estimate of drug-likeness (QED) is 0.468. The minimum absolute atomic E-state index is 0.552. The highest BCUT2D eigenvalue weighted by molar-refractivity contribution is 7.13. The highest BCUT2D eigenvalue weighted by atomic mass is 32.1. The van der Waals surface area contributed by atoms with Gasteiger partial charge < -0.3 is 9.62 Å². The van der Waals surface area contributed by atoms with Crippen LogP contribution >= 0.6 is 11.3 Å². The maximum Gasteiger partial charge on any atom is 0.237 e. The van der Waals surface area contributed by atoms with Gasteiger partial charge in [-0.25, -0.2) is 4.98 Å². The molecule has 0 fully saturated rings. The Morgan fingerprint density at radius 2 is 2.50 bits per heavy atom. The molecule has 0 aliphatic carbocycles. The summed E-state index contributed by atoms with van der Waals surface area (Å²) < 4.78 is 5.41. The smallest absolute Gasteiger partial charge is 0.237 e. The Bertz CT molecular complexity index is 445. The van der Waals surface area contributed by atoms with Crippen LogP contribution in [-0.4, -0.2) is 16.4 Å². The zero-order valence-electron chi connectivity index (χ0n) is 7.47. The summed E-state index contributed by atoms with van der Waals surface area (Å²) in [4.78, 5) is 5.14. The van der Waals surface area contributed by atoms with Crippen molar-refractivity contribution in [3.05, 3.63) is 29.0 Å². The molecule has 14 heavy (non-hydrogen) atoms. The topological polar surface area (TPSA) is 58.6 Å². The molecule has 2 aromatic heterocycles. The van der Waals surface area contributed by atoms with Crippen LogP contribution in [0.15, 0.2) is 27.1 Å². The highest BCUT2D eigenvalue weighted by Crippen LogP contribution is 2.25. The molecule has 2 heterocycles. The standard InChI is InChI=1S/C9H8N2O2S/c1-6-7(5-10-12)11-9(13-6)8-3-2-4-14-8/h2-5,12H,1H3/b10-5+. The Morgan fingerprint density at radius 3 is 3.14 bits per heavy atom. The number of aromatic nitrogens is 1. The number of oxazole rings is 1. The largest absolute Gasteiger partial charge is 0.440 e. The third kappa shape index (κ3) is 1.54. The van der Waals surface area contributed by atoms with E-state index in [0.29, 0.717) is 17.3 Å². The van der Waals surface area contributed by atoms with Crippen molar-refractivity contribution in [2.24, 2.45) is 5.16 Å². The zero-order chi connectivity index (χ0) is 9.97. The fraction of sp³-hybridized carbons (Fsp3) is 0.111. The van der Waals surface area contributed by atoms with Gasteiger partial charge in [-0.2, -0.15) is 0 Å². The monoisotopic (exact) mass is 208 g/mol. The molecular weight excluding hydrogens is 200 g/mol. The van der Waals surface area contributed by atoms with Crippen LogP contribution in [0.2, 0.25) is 0 Å². The van der Waals surface area contributed by atoms with Crippen LogP contribution in [0.5, 0.6) is 0 Å². The van der Waals surface area contributed by atoms with Gasteiger partial charge in [0, 0.05) is 0 Å². The van der Waals surface area contributed by atoms with E-state index in [-0.39, 0.29) is 0 Å². The third-order valence-electron chi connectivity index (χ3n) is 1.74. The number of thiophene rings is 1. The van der Waals surface area contributed by atoms with Gasteiger partial charge in [0.15, 0.2) is 0 Å². The first-order valence-corrected chi connectivity index (χ1v) is 4.88. The Hall–Kier alpha value is -1.62. The lowest BCUT2D eigenvalue weighted by Crippen LogP contribution is -1.83. The summed E-state index contributed by atoms with van der Waals surface area (Å²) in [6.45, 7) is 1.78. The minimum Gasteiger partial charge on any atom is -0.440 e. The predicted octanol–water partition coefficient (Wildman–Crippen LogP) is 2.52. The second-order valence-electron chi connectivity index (χ2n) is 2.68. The van der Waals surface area contributed by atoms with Crippen LogP contribution in [0.25, 0.3) is 10.8 Å². The average molecular weight is 208 g/mol. The molecule has 0 unspecified atom stereocenters. The summed E-state index contributed by atoms with van der Waals surface area (Å²) in [7, 11) is 0. The molecule has 2 rings (SSSR count). The van der Waals surface area contributed by atoms with E-state index in [1.54, 1.807) is 18.3 Å². The van der Waals surface area contributed by atoms with E-state index in [0.717, 1.165) is 4.88 Å².